The Hall–Kier alpha value is -4.07. The van der Waals surface area contributed by atoms with Crippen LogP contribution in [0.5, 0.6) is 0 Å². The fourth-order valence-corrected chi connectivity index (χ4v) is 3.48. The minimum Gasteiger partial charge on any atom is -0.338 e. The van der Waals surface area contributed by atoms with E-state index in [1.807, 2.05) is 30.7 Å². The van der Waals surface area contributed by atoms with Gasteiger partial charge in [-0.2, -0.15) is 5.10 Å². The number of carbonyl (C=O) groups excluding carboxylic acids is 1. The van der Waals surface area contributed by atoms with E-state index in [9.17, 15) is 9.18 Å². The van der Waals surface area contributed by atoms with Gasteiger partial charge in [0, 0.05) is 28.9 Å². The molecule has 0 bridgehead atoms. The number of nitrogens with zero attached hydrogens (tertiary/aromatic N) is 4. The van der Waals surface area contributed by atoms with Crippen molar-refractivity contribution >= 4 is 33.7 Å². The lowest BCUT2D eigenvalue weighted by Crippen LogP contribution is -2.12. The first kappa shape index (κ1) is 18.9. The minimum atomic E-state index is -0.297. The molecule has 2 aromatic carbocycles. The van der Waals surface area contributed by atoms with Crippen molar-refractivity contribution < 1.29 is 9.18 Å². The van der Waals surface area contributed by atoms with Crippen LogP contribution in [0.1, 0.15) is 30.2 Å². The zero-order valence-corrected chi connectivity index (χ0v) is 16.9. The van der Waals surface area contributed by atoms with Crippen molar-refractivity contribution in [2.24, 2.45) is 0 Å². The third-order valence-electron chi connectivity index (χ3n) is 5.04. The number of anilines is 1. The number of imidazole rings is 1. The van der Waals surface area contributed by atoms with Crippen molar-refractivity contribution in [2.75, 3.05) is 5.32 Å². The summed E-state index contributed by atoms with van der Waals surface area (Å²) in [6, 6.07) is 13.5. The molecule has 0 radical (unpaired) electrons. The van der Waals surface area contributed by atoms with E-state index in [0.717, 1.165) is 27.6 Å². The molecule has 7 nitrogen and oxygen atoms in total. The van der Waals surface area contributed by atoms with Gasteiger partial charge in [0.25, 0.3) is 5.91 Å². The van der Waals surface area contributed by atoms with Crippen LogP contribution in [-0.2, 0) is 0 Å². The number of fused-ring (bicyclic) bond motifs is 2. The zero-order chi connectivity index (χ0) is 21.5. The highest BCUT2D eigenvalue weighted by molar-refractivity contribution is 6.06. The summed E-state index contributed by atoms with van der Waals surface area (Å²) >= 11 is 0. The standard InChI is InChI=1S/C23H19FN6O/c1-13(2)30-22-15(12-26-30)9-16(11-25-22)23(31)27-18-7-8-19-20(10-18)29-21(28-19)14-3-5-17(24)6-4-14/h3-13H,1-2H3,(H,27,31)(H,28,29). The maximum absolute atomic E-state index is 13.2. The number of hydrogen-bond acceptors (Lipinski definition) is 4. The first-order valence-corrected chi connectivity index (χ1v) is 9.88. The van der Waals surface area contributed by atoms with Crippen LogP contribution in [0.3, 0.4) is 0 Å². The third kappa shape index (κ3) is 3.52. The van der Waals surface area contributed by atoms with Gasteiger partial charge >= 0.3 is 0 Å². The van der Waals surface area contributed by atoms with Crippen LogP contribution in [0.25, 0.3) is 33.5 Å². The van der Waals surface area contributed by atoms with Crippen molar-refractivity contribution in [3.05, 3.63) is 72.3 Å². The molecular weight excluding hydrogens is 395 g/mol. The van der Waals surface area contributed by atoms with Crippen LogP contribution in [0, 0.1) is 5.82 Å². The number of aromatic nitrogens is 5. The molecule has 3 aromatic heterocycles. The topological polar surface area (TPSA) is 88.5 Å². The Morgan fingerprint density at radius 1 is 1.10 bits per heavy atom. The van der Waals surface area contributed by atoms with Gasteiger partial charge in [-0.05, 0) is 62.4 Å². The number of rotatable bonds is 4. The Labute approximate surface area is 177 Å². The highest BCUT2D eigenvalue weighted by Gasteiger charge is 2.13. The Kier molecular flexibility index (Phi) is 4.47. The van der Waals surface area contributed by atoms with Gasteiger partial charge in [-0.3, -0.25) is 4.79 Å². The number of pyridine rings is 1. The molecule has 0 atom stereocenters. The second-order valence-electron chi connectivity index (χ2n) is 7.60. The van der Waals surface area contributed by atoms with Gasteiger partial charge in [0.05, 0.1) is 22.8 Å². The summed E-state index contributed by atoms with van der Waals surface area (Å²) in [5, 5.41) is 8.05. The number of hydrogen-bond donors (Lipinski definition) is 2. The maximum Gasteiger partial charge on any atom is 0.257 e. The number of nitrogens with one attached hydrogen (secondary N) is 2. The maximum atomic E-state index is 13.2. The zero-order valence-electron chi connectivity index (χ0n) is 16.9. The number of amides is 1. The quantitative estimate of drug-likeness (QED) is 0.436. The predicted octanol–water partition coefficient (Wildman–Crippen LogP) is 4.95. The van der Waals surface area contributed by atoms with Gasteiger partial charge in [0.15, 0.2) is 5.65 Å². The molecular formula is C23H19FN6O. The molecule has 0 saturated heterocycles. The highest BCUT2D eigenvalue weighted by atomic mass is 19.1. The number of carbonyl (C=O) groups is 1. The predicted molar refractivity (Wildman–Crippen MR) is 117 cm³/mol. The molecule has 31 heavy (non-hydrogen) atoms. The first-order valence-electron chi connectivity index (χ1n) is 9.88. The molecule has 154 valence electrons. The number of halogens is 1. The molecule has 5 aromatic rings. The summed E-state index contributed by atoms with van der Waals surface area (Å²) in [5.74, 6) is 0.0775. The lowest BCUT2D eigenvalue weighted by atomic mass is 10.2. The van der Waals surface area contributed by atoms with E-state index < -0.39 is 0 Å². The monoisotopic (exact) mass is 414 g/mol. The first-order chi connectivity index (χ1) is 15.0. The smallest absolute Gasteiger partial charge is 0.257 e. The molecule has 0 unspecified atom stereocenters. The molecule has 0 saturated carbocycles. The summed E-state index contributed by atoms with van der Waals surface area (Å²) < 4.78 is 15.0. The second-order valence-corrected chi connectivity index (χ2v) is 7.60. The van der Waals surface area contributed by atoms with E-state index in [2.05, 4.69) is 25.4 Å². The van der Waals surface area contributed by atoms with E-state index in [4.69, 9.17) is 0 Å². The van der Waals surface area contributed by atoms with Crippen molar-refractivity contribution in [3.8, 4) is 11.4 Å². The van der Waals surface area contributed by atoms with E-state index >= 15 is 0 Å². The Morgan fingerprint density at radius 3 is 2.68 bits per heavy atom. The molecule has 0 aliphatic carbocycles. The number of H-pyrrole nitrogens is 1. The SMILES string of the molecule is CC(C)n1ncc2cc(C(=O)Nc3ccc4nc(-c5ccc(F)cc5)[nH]c4c3)cnc21. The highest BCUT2D eigenvalue weighted by Crippen LogP contribution is 2.24. The van der Waals surface area contributed by atoms with Gasteiger partial charge in [-0.1, -0.05) is 0 Å². The van der Waals surface area contributed by atoms with Gasteiger partial charge in [0.2, 0.25) is 0 Å². The van der Waals surface area contributed by atoms with Crippen LogP contribution < -0.4 is 5.32 Å². The normalized spacial score (nSPS) is 11.5. The molecule has 3 heterocycles. The fourth-order valence-electron chi connectivity index (χ4n) is 3.48. The summed E-state index contributed by atoms with van der Waals surface area (Å²) in [4.78, 5) is 24.9. The van der Waals surface area contributed by atoms with E-state index in [1.165, 1.54) is 12.1 Å². The average molecular weight is 414 g/mol. The molecule has 1 amide bonds. The second kappa shape index (κ2) is 7.32. The summed E-state index contributed by atoms with van der Waals surface area (Å²) in [7, 11) is 0. The number of aromatic amines is 1. The number of benzene rings is 2. The summed E-state index contributed by atoms with van der Waals surface area (Å²) in [5.41, 5.74) is 4.13. The average Bonchev–Trinajstić information content (AvgIpc) is 3.37. The van der Waals surface area contributed by atoms with Gasteiger partial charge < -0.3 is 10.3 Å². The van der Waals surface area contributed by atoms with Crippen LogP contribution in [0.2, 0.25) is 0 Å². The molecule has 0 fully saturated rings. The molecule has 0 aliphatic rings. The lowest BCUT2D eigenvalue weighted by Gasteiger charge is -2.07. The summed E-state index contributed by atoms with van der Waals surface area (Å²) in [6.07, 6.45) is 3.27. The Bertz CT molecular complexity index is 1420. The van der Waals surface area contributed by atoms with Crippen molar-refractivity contribution in [2.45, 2.75) is 19.9 Å². The van der Waals surface area contributed by atoms with Crippen LogP contribution in [0.15, 0.2) is 60.9 Å². The Morgan fingerprint density at radius 2 is 1.90 bits per heavy atom. The van der Waals surface area contributed by atoms with Crippen molar-refractivity contribution in [3.63, 3.8) is 0 Å². The summed E-state index contributed by atoms with van der Waals surface area (Å²) in [6.45, 7) is 4.06. The van der Waals surface area contributed by atoms with E-state index in [0.29, 0.717) is 17.1 Å². The van der Waals surface area contributed by atoms with Crippen LogP contribution in [0.4, 0.5) is 10.1 Å². The van der Waals surface area contributed by atoms with E-state index in [1.54, 1.807) is 36.7 Å². The lowest BCUT2D eigenvalue weighted by molar-refractivity contribution is 0.102. The minimum absolute atomic E-state index is 0.186. The third-order valence-corrected chi connectivity index (χ3v) is 5.04. The molecule has 5 rings (SSSR count). The Balaban J connectivity index is 1.40. The molecule has 2 N–H and O–H groups in total. The molecule has 8 heteroatoms. The van der Waals surface area contributed by atoms with E-state index in [-0.39, 0.29) is 17.8 Å². The van der Waals surface area contributed by atoms with Crippen LogP contribution >= 0.6 is 0 Å². The van der Waals surface area contributed by atoms with Gasteiger partial charge in [-0.15, -0.1) is 0 Å². The molecule has 0 spiro atoms. The van der Waals surface area contributed by atoms with Gasteiger partial charge in [-0.25, -0.2) is 19.0 Å². The van der Waals surface area contributed by atoms with Gasteiger partial charge in [0.1, 0.15) is 11.6 Å². The van der Waals surface area contributed by atoms with Crippen LogP contribution in [-0.4, -0.2) is 30.6 Å². The largest absolute Gasteiger partial charge is 0.338 e. The van der Waals surface area contributed by atoms with Crippen molar-refractivity contribution in [1.82, 2.24) is 24.7 Å². The fraction of sp³-hybridized carbons (Fsp3) is 0.130. The van der Waals surface area contributed by atoms with Crippen molar-refractivity contribution in [1.29, 1.82) is 0 Å². The molecule has 0 aliphatic heterocycles.